The molecule has 0 saturated carbocycles. The number of hydrogen-bond acceptors (Lipinski definition) is 3. The van der Waals surface area contributed by atoms with Gasteiger partial charge >= 0.3 is 0 Å². The highest BCUT2D eigenvalue weighted by molar-refractivity contribution is 9.10. The molecular weight excluding hydrogens is 422 g/mol. The van der Waals surface area contributed by atoms with Crippen molar-refractivity contribution in [2.24, 2.45) is 11.8 Å². The maximum absolute atomic E-state index is 13.2. The van der Waals surface area contributed by atoms with Crippen molar-refractivity contribution in [1.82, 2.24) is 9.80 Å². The van der Waals surface area contributed by atoms with Gasteiger partial charge in [-0.3, -0.25) is 14.4 Å². The number of piperidine rings is 1. The average molecular weight is 450 g/mol. The van der Waals surface area contributed by atoms with E-state index < -0.39 is 6.04 Å². The molecule has 152 valence electrons. The number of nitrogens with zero attached hydrogens (tertiary/aromatic N) is 2. The van der Waals surface area contributed by atoms with Crippen molar-refractivity contribution in [2.75, 3.05) is 25.0 Å². The van der Waals surface area contributed by atoms with Crippen molar-refractivity contribution < 1.29 is 14.4 Å². The average Bonchev–Trinajstić information content (AvgIpc) is 3.12. The summed E-state index contributed by atoms with van der Waals surface area (Å²) in [6.45, 7) is 7.86. The fourth-order valence-electron chi connectivity index (χ4n) is 4.43. The van der Waals surface area contributed by atoms with Crippen LogP contribution in [0.3, 0.4) is 0 Å². The van der Waals surface area contributed by atoms with E-state index in [1.165, 1.54) is 6.92 Å². The van der Waals surface area contributed by atoms with Gasteiger partial charge in [0.2, 0.25) is 11.8 Å². The van der Waals surface area contributed by atoms with E-state index in [1.807, 2.05) is 11.0 Å². The Morgan fingerprint density at radius 3 is 2.46 bits per heavy atom. The van der Waals surface area contributed by atoms with Crippen molar-refractivity contribution in [3.05, 3.63) is 28.2 Å². The Hall–Kier alpha value is -1.89. The van der Waals surface area contributed by atoms with Crippen LogP contribution in [0.4, 0.5) is 5.69 Å². The summed E-state index contributed by atoms with van der Waals surface area (Å²) in [5.74, 6) is 0.524. The van der Waals surface area contributed by atoms with Crippen LogP contribution in [0.15, 0.2) is 22.7 Å². The zero-order valence-corrected chi connectivity index (χ0v) is 18.3. The first-order valence-electron chi connectivity index (χ1n) is 9.93. The van der Waals surface area contributed by atoms with Crippen molar-refractivity contribution in [1.29, 1.82) is 0 Å². The molecule has 2 fully saturated rings. The van der Waals surface area contributed by atoms with Gasteiger partial charge in [0, 0.05) is 31.0 Å². The fourth-order valence-corrected chi connectivity index (χ4v) is 4.79. The molecule has 0 aliphatic carbocycles. The maximum Gasteiger partial charge on any atom is 0.256 e. The van der Waals surface area contributed by atoms with Crippen LogP contribution in [0.5, 0.6) is 0 Å². The minimum absolute atomic E-state index is 0.0650. The van der Waals surface area contributed by atoms with Crippen LogP contribution in [-0.4, -0.2) is 53.2 Å². The lowest BCUT2D eigenvalue weighted by Gasteiger charge is -2.35. The number of rotatable bonds is 3. The fraction of sp³-hybridized carbons (Fsp3) is 0.571. The molecule has 1 aromatic rings. The minimum Gasteiger partial charge on any atom is -0.338 e. The summed E-state index contributed by atoms with van der Waals surface area (Å²) >= 11 is 3.44. The molecule has 2 aliphatic rings. The Kier molecular flexibility index (Phi) is 6.43. The largest absolute Gasteiger partial charge is 0.338 e. The molecule has 1 N–H and O–H groups in total. The van der Waals surface area contributed by atoms with Crippen LogP contribution in [0.1, 0.15) is 50.4 Å². The van der Waals surface area contributed by atoms with E-state index in [9.17, 15) is 14.4 Å². The normalized spacial score (nSPS) is 24.9. The lowest BCUT2D eigenvalue weighted by atomic mass is 9.91. The first-order valence-corrected chi connectivity index (χ1v) is 10.7. The highest BCUT2D eigenvalue weighted by Crippen LogP contribution is 2.28. The van der Waals surface area contributed by atoms with E-state index >= 15 is 0 Å². The molecule has 2 saturated heterocycles. The summed E-state index contributed by atoms with van der Waals surface area (Å²) in [5, 5.41) is 2.91. The molecule has 28 heavy (non-hydrogen) atoms. The Morgan fingerprint density at radius 1 is 1.14 bits per heavy atom. The zero-order chi connectivity index (χ0) is 20.4. The van der Waals surface area contributed by atoms with Gasteiger partial charge in [0.05, 0.1) is 11.3 Å². The third kappa shape index (κ3) is 4.57. The van der Waals surface area contributed by atoms with Gasteiger partial charge < -0.3 is 15.1 Å². The third-order valence-corrected chi connectivity index (χ3v) is 6.08. The van der Waals surface area contributed by atoms with Gasteiger partial charge in [-0.1, -0.05) is 29.8 Å². The van der Waals surface area contributed by atoms with Crippen molar-refractivity contribution in [2.45, 2.75) is 46.1 Å². The molecule has 2 heterocycles. The second kappa shape index (κ2) is 8.64. The maximum atomic E-state index is 13.2. The Balaban J connectivity index is 1.82. The van der Waals surface area contributed by atoms with Gasteiger partial charge in [0.15, 0.2) is 0 Å². The van der Waals surface area contributed by atoms with Crippen LogP contribution in [0, 0.1) is 11.8 Å². The first-order chi connectivity index (χ1) is 13.3. The second-order valence-electron chi connectivity index (χ2n) is 8.21. The van der Waals surface area contributed by atoms with Gasteiger partial charge in [-0.05, 0) is 49.3 Å². The second-order valence-corrected chi connectivity index (χ2v) is 9.12. The molecule has 6 nitrogen and oxygen atoms in total. The van der Waals surface area contributed by atoms with Gasteiger partial charge in [0.25, 0.3) is 5.91 Å². The molecule has 3 amide bonds. The predicted octanol–water partition coefficient (Wildman–Crippen LogP) is 3.52. The van der Waals surface area contributed by atoms with E-state index in [0.29, 0.717) is 36.1 Å². The highest BCUT2D eigenvalue weighted by Gasteiger charge is 2.33. The third-order valence-electron chi connectivity index (χ3n) is 5.59. The number of halogens is 1. The number of anilines is 1. The number of carbonyl (C=O) groups is 3. The number of benzene rings is 1. The molecule has 1 aromatic carbocycles. The van der Waals surface area contributed by atoms with Crippen LogP contribution in [0.2, 0.25) is 0 Å². The number of likely N-dealkylation sites (tertiary alicyclic amines) is 2. The molecule has 0 unspecified atom stereocenters. The highest BCUT2D eigenvalue weighted by atomic mass is 79.9. The monoisotopic (exact) mass is 449 g/mol. The predicted molar refractivity (Wildman–Crippen MR) is 112 cm³/mol. The summed E-state index contributed by atoms with van der Waals surface area (Å²) in [5.41, 5.74) is 0.982. The quantitative estimate of drug-likeness (QED) is 0.767. The van der Waals surface area contributed by atoms with Crippen LogP contribution in [-0.2, 0) is 9.59 Å². The Bertz CT molecular complexity index is 772. The molecule has 3 rings (SSSR count). The Morgan fingerprint density at radius 2 is 1.82 bits per heavy atom. The van der Waals surface area contributed by atoms with Crippen LogP contribution < -0.4 is 5.32 Å². The number of amides is 3. The topological polar surface area (TPSA) is 69.7 Å². The van der Waals surface area contributed by atoms with E-state index in [1.54, 1.807) is 17.0 Å². The molecule has 0 bridgehead atoms. The summed E-state index contributed by atoms with van der Waals surface area (Å²) in [6.07, 6.45) is 2.58. The van der Waals surface area contributed by atoms with Crippen LogP contribution >= 0.6 is 15.9 Å². The molecular formula is C21H28BrN3O3. The zero-order valence-electron chi connectivity index (χ0n) is 16.7. The lowest BCUT2D eigenvalue weighted by Crippen LogP contribution is -2.44. The molecule has 0 spiro atoms. The van der Waals surface area contributed by atoms with Crippen molar-refractivity contribution in [3.63, 3.8) is 0 Å². The molecule has 0 radical (unpaired) electrons. The number of hydrogen-bond donors (Lipinski definition) is 1. The van der Waals surface area contributed by atoms with E-state index in [-0.39, 0.29) is 17.7 Å². The number of carbonyl (C=O) groups excluding carboxylic acids is 3. The molecule has 7 heteroatoms. The van der Waals surface area contributed by atoms with E-state index in [2.05, 4.69) is 35.1 Å². The molecule has 2 aliphatic heterocycles. The van der Waals surface area contributed by atoms with Gasteiger partial charge in [0.1, 0.15) is 6.04 Å². The van der Waals surface area contributed by atoms with Gasteiger partial charge in [-0.25, -0.2) is 0 Å². The van der Waals surface area contributed by atoms with E-state index in [0.717, 1.165) is 30.4 Å². The summed E-state index contributed by atoms with van der Waals surface area (Å²) in [6, 6.07) is 4.85. The standard InChI is InChI=1S/C21H28BrN3O3/c1-13-9-14(2)12-24(11-13)21(28)17-10-16(22)6-7-18(17)23-20(27)19-5-4-8-25(19)15(3)26/h6-7,10,13-14,19H,4-5,8-9,11-12H2,1-3H3,(H,23,27)/t13-,14+,19-/m0/s1. The first kappa shape index (κ1) is 20.8. The lowest BCUT2D eigenvalue weighted by molar-refractivity contribution is -0.134. The van der Waals surface area contributed by atoms with Crippen LogP contribution in [0.25, 0.3) is 0 Å². The summed E-state index contributed by atoms with van der Waals surface area (Å²) in [4.78, 5) is 41.3. The van der Waals surface area contributed by atoms with E-state index in [4.69, 9.17) is 0 Å². The summed E-state index contributed by atoms with van der Waals surface area (Å²) in [7, 11) is 0. The summed E-state index contributed by atoms with van der Waals surface area (Å²) < 4.78 is 0.790. The molecule has 0 aromatic heterocycles. The minimum atomic E-state index is -0.473. The number of nitrogens with one attached hydrogen (secondary N) is 1. The Labute approximate surface area is 174 Å². The van der Waals surface area contributed by atoms with Crippen molar-refractivity contribution >= 4 is 39.3 Å². The van der Waals surface area contributed by atoms with Gasteiger partial charge in [-0.2, -0.15) is 0 Å². The SMILES string of the molecule is CC(=O)N1CCC[C@H]1C(=O)Nc1ccc(Br)cc1C(=O)N1C[C@H](C)C[C@H](C)C1. The molecule has 3 atom stereocenters. The van der Waals surface area contributed by atoms with Crippen molar-refractivity contribution in [3.8, 4) is 0 Å². The van der Waals surface area contributed by atoms with Gasteiger partial charge in [-0.15, -0.1) is 0 Å². The smallest absolute Gasteiger partial charge is 0.256 e.